The number of hydrogen-bond acceptors (Lipinski definition) is 3. The molecule has 3 aromatic rings. The number of hydrogen-bond donors (Lipinski definition) is 0. The minimum atomic E-state index is -0.458. The van der Waals surface area contributed by atoms with Crippen LogP contribution >= 0.6 is 0 Å². The van der Waals surface area contributed by atoms with Crippen molar-refractivity contribution in [2.24, 2.45) is 5.92 Å². The zero-order chi connectivity index (χ0) is 18.0. The molecule has 0 amide bonds. The highest BCUT2D eigenvalue weighted by molar-refractivity contribution is 5.73. The van der Waals surface area contributed by atoms with Crippen molar-refractivity contribution in [3.05, 3.63) is 74.8 Å². The van der Waals surface area contributed by atoms with Gasteiger partial charge < -0.3 is 0 Å². The Balaban J connectivity index is 2.21. The molecule has 0 N–H and O–H groups in total. The Labute approximate surface area is 144 Å². The zero-order valence-electron chi connectivity index (χ0n) is 14.3. The van der Waals surface area contributed by atoms with E-state index >= 15 is 0 Å². The molecule has 0 fully saturated rings. The Morgan fingerprint density at radius 2 is 1.84 bits per heavy atom. The topological polar surface area (TPSA) is 56.9 Å². The van der Waals surface area contributed by atoms with Crippen LogP contribution in [0.15, 0.2) is 52.2 Å². The number of benzene rings is 1. The van der Waals surface area contributed by atoms with Crippen LogP contribution in [0.5, 0.6) is 0 Å². The highest BCUT2D eigenvalue weighted by atomic mass is 19.1. The summed E-state index contributed by atoms with van der Waals surface area (Å²) in [6.07, 6.45) is 2.23. The first-order chi connectivity index (χ1) is 12.0. The van der Waals surface area contributed by atoms with Crippen molar-refractivity contribution in [2.75, 3.05) is 0 Å². The summed E-state index contributed by atoms with van der Waals surface area (Å²) in [6, 6.07) is 9.60. The first-order valence-corrected chi connectivity index (χ1v) is 8.31. The van der Waals surface area contributed by atoms with Crippen molar-refractivity contribution in [1.82, 2.24) is 14.1 Å². The van der Waals surface area contributed by atoms with Crippen molar-refractivity contribution in [3.63, 3.8) is 0 Å². The highest BCUT2D eigenvalue weighted by Crippen LogP contribution is 2.11. The van der Waals surface area contributed by atoms with Crippen molar-refractivity contribution >= 4 is 11.0 Å². The lowest BCUT2D eigenvalue weighted by Gasteiger charge is -2.14. The molecule has 3 rings (SSSR count). The summed E-state index contributed by atoms with van der Waals surface area (Å²) in [6.45, 7) is 4.43. The third-order valence-electron chi connectivity index (χ3n) is 4.20. The standard InChI is InChI=1S/C19H20FN3O2/c1-13(2)9-11-22-18(24)15-7-5-10-21-17(15)23(19(22)25)12-14-6-3-4-8-16(14)20/h3-8,10,13H,9,11-12H2,1-2H3. The van der Waals surface area contributed by atoms with E-state index in [1.165, 1.54) is 21.4 Å². The van der Waals surface area contributed by atoms with E-state index < -0.39 is 11.5 Å². The molecule has 0 bridgehead atoms. The zero-order valence-corrected chi connectivity index (χ0v) is 14.3. The van der Waals surface area contributed by atoms with E-state index in [1.54, 1.807) is 30.3 Å². The Morgan fingerprint density at radius 1 is 1.08 bits per heavy atom. The van der Waals surface area contributed by atoms with Crippen molar-refractivity contribution in [3.8, 4) is 0 Å². The maximum absolute atomic E-state index is 14.0. The van der Waals surface area contributed by atoms with Crippen LogP contribution in [0.1, 0.15) is 25.8 Å². The van der Waals surface area contributed by atoms with Crippen molar-refractivity contribution < 1.29 is 4.39 Å². The molecule has 6 heteroatoms. The van der Waals surface area contributed by atoms with E-state index in [2.05, 4.69) is 4.98 Å². The number of rotatable bonds is 5. The Morgan fingerprint density at radius 3 is 2.56 bits per heavy atom. The van der Waals surface area contributed by atoms with Gasteiger partial charge in [0.15, 0.2) is 0 Å². The maximum Gasteiger partial charge on any atom is 0.332 e. The van der Waals surface area contributed by atoms with Gasteiger partial charge in [-0.05, 0) is 30.5 Å². The van der Waals surface area contributed by atoms with Gasteiger partial charge in [0, 0.05) is 18.3 Å². The number of pyridine rings is 1. The molecule has 0 atom stereocenters. The molecule has 0 spiro atoms. The molecule has 0 saturated heterocycles. The molecule has 25 heavy (non-hydrogen) atoms. The normalized spacial score (nSPS) is 11.4. The van der Waals surface area contributed by atoms with Gasteiger partial charge in [0.1, 0.15) is 11.5 Å². The summed E-state index contributed by atoms with van der Waals surface area (Å²) < 4.78 is 16.6. The second kappa shape index (κ2) is 7.01. The van der Waals surface area contributed by atoms with E-state index in [1.807, 2.05) is 13.8 Å². The number of fused-ring (bicyclic) bond motifs is 1. The largest absolute Gasteiger partial charge is 0.332 e. The molecule has 0 saturated carbocycles. The van der Waals surface area contributed by atoms with E-state index in [4.69, 9.17) is 0 Å². The fourth-order valence-electron chi connectivity index (χ4n) is 2.77. The van der Waals surface area contributed by atoms with Gasteiger partial charge >= 0.3 is 5.69 Å². The third kappa shape index (κ3) is 3.38. The van der Waals surface area contributed by atoms with Crippen molar-refractivity contribution in [2.45, 2.75) is 33.4 Å². The first-order valence-electron chi connectivity index (χ1n) is 8.31. The highest BCUT2D eigenvalue weighted by Gasteiger charge is 2.15. The summed E-state index contributed by atoms with van der Waals surface area (Å²) in [5.74, 6) is -0.0330. The van der Waals surface area contributed by atoms with Gasteiger partial charge in [-0.25, -0.2) is 14.2 Å². The number of halogens is 1. The fraction of sp³-hybridized carbons (Fsp3) is 0.316. The third-order valence-corrected chi connectivity index (χ3v) is 4.20. The molecule has 1 aromatic carbocycles. The Kier molecular flexibility index (Phi) is 4.79. The van der Waals surface area contributed by atoms with Gasteiger partial charge in [0.05, 0.1) is 11.9 Å². The lowest BCUT2D eigenvalue weighted by atomic mass is 10.1. The number of nitrogens with zero attached hydrogens (tertiary/aromatic N) is 3. The molecule has 0 aliphatic rings. The van der Waals surface area contributed by atoms with Crippen LogP contribution in [0.3, 0.4) is 0 Å². The maximum atomic E-state index is 14.0. The monoisotopic (exact) mass is 341 g/mol. The summed E-state index contributed by atoms with van der Waals surface area (Å²) in [7, 11) is 0. The molecule has 5 nitrogen and oxygen atoms in total. The van der Waals surface area contributed by atoms with Crippen LogP contribution < -0.4 is 11.2 Å². The Hall–Kier alpha value is -2.76. The van der Waals surface area contributed by atoms with E-state index in [-0.39, 0.29) is 17.8 Å². The molecular formula is C19H20FN3O2. The van der Waals surface area contributed by atoms with E-state index in [0.717, 1.165) is 0 Å². The minimum absolute atomic E-state index is 0.0287. The predicted molar refractivity (Wildman–Crippen MR) is 95.2 cm³/mol. The van der Waals surface area contributed by atoms with Gasteiger partial charge in [0.25, 0.3) is 5.56 Å². The van der Waals surface area contributed by atoms with Gasteiger partial charge in [-0.1, -0.05) is 32.0 Å². The SMILES string of the molecule is CC(C)CCn1c(=O)c2cccnc2n(Cc2ccccc2F)c1=O. The van der Waals surface area contributed by atoms with Crippen LogP contribution in [0.25, 0.3) is 11.0 Å². The molecule has 0 unspecified atom stereocenters. The van der Waals surface area contributed by atoms with Crippen LogP contribution in [0.2, 0.25) is 0 Å². The molecule has 130 valence electrons. The average Bonchev–Trinajstić information content (AvgIpc) is 2.60. The quantitative estimate of drug-likeness (QED) is 0.717. The lowest BCUT2D eigenvalue weighted by molar-refractivity contribution is 0.483. The second-order valence-electron chi connectivity index (χ2n) is 6.47. The second-order valence-corrected chi connectivity index (χ2v) is 6.47. The lowest BCUT2D eigenvalue weighted by Crippen LogP contribution is -2.41. The van der Waals surface area contributed by atoms with Gasteiger partial charge in [-0.2, -0.15) is 0 Å². The molecule has 2 aromatic heterocycles. The summed E-state index contributed by atoms with van der Waals surface area (Å²) in [5.41, 5.74) is -0.147. The molecule has 0 aliphatic carbocycles. The summed E-state index contributed by atoms with van der Waals surface area (Å²) in [5, 5.41) is 0.363. The average molecular weight is 341 g/mol. The fourth-order valence-corrected chi connectivity index (χ4v) is 2.77. The predicted octanol–water partition coefficient (Wildman–Crippen LogP) is 2.79. The smallest absolute Gasteiger partial charge is 0.273 e. The van der Waals surface area contributed by atoms with Crippen molar-refractivity contribution in [1.29, 1.82) is 0 Å². The van der Waals surface area contributed by atoms with E-state index in [0.29, 0.717) is 29.8 Å². The Bertz CT molecular complexity index is 1020. The molecule has 0 radical (unpaired) electrons. The summed E-state index contributed by atoms with van der Waals surface area (Å²) >= 11 is 0. The first kappa shape index (κ1) is 17.1. The van der Waals surface area contributed by atoms with Crippen LogP contribution in [0.4, 0.5) is 4.39 Å². The van der Waals surface area contributed by atoms with Crippen LogP contribution in [0, 0.1) is 11.7 Å². The van der Waals surface area contributed by atoms with Gasteiger partial charge in [-0.3, -0.25) is 13.9 Å². The van der Waals surface area contributed by atoms with Gasteiger partial charge in [0.2, 0.25) is 0 Å². The number of aromatic nitrogens is 3. The molecule has 0 aliphatic heterocycles. The molecule has 2 heterocycles. The summed E-state index contributed by atoms with van der Waals surface area (Å²) in [4.78, 5) is 29.8. The minimum Gasteiger partial charge on any atom is -0.273 e. The van der Waals surface area contributed by atoms with Crippen LogP contribution in [-0.4, -0.2) is 14.1 Å². The van der Waals surface area contributed by atoms with Gasteiger partial charge in [-0.15, -0.1) is 0 Å². The molecular weight excluding hydrogens is 321 g/mol. The van der Waals surface area contributed by atoms with E-state index in [9.17, 15) is 14.0 Å². The van der Waals surface area contributed by atoms with Crippen LogP contribution in [-0.2, 0) is 13.1 Å².